The molecule has 0 bridgehead atoms. The van der Waals surface area contributed by atoms with Crippen LogP contribution in [-0.4, -0.2) is 96.7 Å². The van der Waals surface area contributed by atoms with E-state index in [-0.39, 0.29) is 25.7 Å². The number of hydrogen-bond acceptors (Lipinski definition) is 15. The molecule has 6 atom stereocenters. The Morgan fingerprint density at radius 2 is 0.531 bits per heavy atom. The first-order valence-electron chi connectivity index (χ1n) is 39.9. The maximum absolute atomic E-state index is 13.1. The minimum absolute atomic E-state index is 0.103. The fourth-order valence-corrected chi connectivity index (χ4v) is 13.3. The molecule has 17 nitrogen and oxygen atoms in total. The summed E-state index contributed by atoms with van der Waals surface area (Å²) in [6, 6.07) is 0. The van der Waals surface area contributed by atoms with Crippen molar-refractivity contribution in [2.24, 2.45) is 17.8 Å². The maximum atomic E-state index is 13.1. The van der Waals surface area contributed by atoms with Crippen LogP contribution in [0.3, 0.4) is 0 Å². The molecule has 3 unspecified atom stereocenters. The largest absolute Gasteiger partial charge is 0.472 e. The Labute approximate surface area is 588 Å². The minimum atomic E-state index is -4.96. The number of carbonyl (C=O) groups is 4. The van der Waals surface area contributed by atoms with Gasteiger partial charge in [-0.1, -0.05) is 344 Å². The summed E-state index contributed by atoms with van der Waals surface area (Å²) in [7, 11) is -9.91. The van der Waals surface area contributed by atoms with Crippen LogP contribution in [0.2, 0.25) is 0 Å². The molecule has 0 spiro atoms. The van der Waals surface area contributed by atoms with Crippen LogP contribution in [0.5, 0.6) is 0 Å². The first-order valence-corrected chi connectivity index (χ1v) is 42.9. The molecule has 0 aromatic carbocycles. The number of aliphatic hydroxyl groups excluding tert-OH is 1. The van der Waals surface area contributed by atoms with Gasteiger partial charge in [0.2, 0.25) is 0 Å². The van der Waals surface area contributed by atoms with E-state index in [9.17, 15) is 43.2 Å². The van der Waals surface area contributed by atoms with Crippen molar-refractivity contribution in [1.29, 1.82) is 0 Å². The number of aliphatic hydroxyl groups is 1. The quantitative estimate of drug-likeness (QED) is 0.0222. The zero-order valence-corrected chi connectivity index (χ0v) is 64.6. The summed E-state index contributed by atoms with van der Waals surface area (Å²) in [5.74, 6) is 0.0865. The third-order valence-electron chi connectivity index (χ3n) is 18.2. The molecule has 0 heterocycles. The molecule has 0 saturated heterocycles. The zero-order valence-electron chi connectivity index (χ0n) is 62.8. The van der Waals surface area contributed by atoms with Gasteiger partial charge in [0.05, 0.1) is 26.4 Å². The van der Waals surface area contributed by atoms with Crippen molar-refractivity contribution in [2.75, 3.05) is 39.6 Å². The van der Waals surface area contributed by atoms with E-state index in [1.807, 2.05) is 0 Å². The lowest BCUT2D eigenvalue weighted by atomic mass is 10.00. The number of rotatable bonds is 75. The van der Waals surface area contributed by atoms with E-state index in [4.69, 9.17) is 37.0 Å². The van der Waals surface area contributed by atoms with Gasteiger partial charge in [-0.25, -0.2) is 9.13 Å². The standard InChI is InChI=1S/C77H150O17P2/c1-8-10-11-12-13-14-15-16-17-18-19-20-21-22-23-24-29-32-37-46-53-60-76(81)93-72(64-87-74(79)58-51-44-36-31-28-26-25-27-30-34-41-48-55-68(3)4)66-91-95(83,84)89-62-71(78)63-90-96(85,86)92-67-73(94-77(82)61-54-47-38-33-35-42-49-56-69(5)6)65-88-75(80)59-52-45-40-39-43-50-57-70(7)9-2/h68-73,78H,8-67H2,1-7H3,(H,83,84)(H,85,86)/t70?,71-,72-,73-/m1/s1. The molecular weight excluding hydrogens is 1260 g/mol. The van der Waals surface area contributed by atoms with Crippen LogP contribution < -0.4 is 0 Å². The maximum Gasteiger partial charge on any atom is 0.472 e. The van der Waals surface area contributed by atoms with E-state index in [0.29, 0.717) is 31.6 Å². The second-order valence-corrected chi connectivity index (χ2v) is 31.8. The van der Waals surface area contributed by atoms with Crippen molar-refractivity contribution < 1.29 is 80.2 Å². The number of hydrogen-bond donors (Lipinski definition) is 3. The molecule has 0 radical (unpaired) electrons. The van der Waals surface area contributed by atoms with Crippen molar-refractivity contribution >= 4 is 39.5 Å². The van der Waals surface area contributed by atoms with Crippen molar-refractivity contribution in [2.45, 2.75) is 414 Å². The fourth-order valence-electron chi connectivity index (χ4n) is 11.7. The van der Waals surface area contributed by atoms with E-state index in [2.05, 4.69) is 48.5 Å². The fraction of sp³-hybridized carbons (Fsp3) is 0.948. The monoisotopic (exact) mass is 1410 g/mol. The van der Waals surface area contributed by atoms with Crippen molar-refractivity contribution in [1.82, 2.24) is 0 Å². The molecule has 96 heavy (non-hydrogen) atoms. The molecular formula is C77H150O17P2. The highest BCUT2D eigenvalue weighted by molar-refractivity contribution is 7.47. The topological polar surface area (TPSA) is 237 Å². The van der Waals surface area contributed by atoms with E-state index in [0.717, 1.165) is 108 Å². The van der Waals surface area contributed by atoms with E-state index >= 15 is 0 Å². The SMILES string of the molecule is CCCCCCCCCCCCCCCCCCCCCCCC(=O)O[C@H](COC(=O)CCCCCCCCCCCCCCC(C)C)COP(=O)(O)OC[C@@H](O)COP(=O)(O)OC[C@@H](COC(=O)CCCCCCCCC(C)CC)OC(=O)CCCCCCCCCC(C)C. The second-order valence-electron chi connectivity index (χ2n) is 28.9. The van der Waals surface area contributed by atoms with Gasteiger partial charge in [0.1, 0.15) is 19.3 Å². The second kappa shape index (κ2) is 67.5. The van der Waals surface area contributed by atoms with E-state index < -0.39 is 97.5 Å². The summed E-state index contributed by atoms with van der Waals surface area (Å²) in [4.78, 5) is 72.8. The Kier molecular flexibility index (Phi) is 66.2. The normalized spacial score (nSPS) is 14.3. The Hall–Kier alpha value is -1.94. The molecule has 0 aliphatic heterocycles. The number of unbranched alkanes of at least 4 members (excludes halogenated alkanes) is 42. The molecule has 0 aliphatic carbocycles. The highest BCUT2D eigenvalue weighted by Crippen LogP contribution is 2.45. The van der Waals surface area contributed by atoms with Gasteiger partial charge in [-0.2, -0.15) is 0 Å². The molecule has 3 N–H and O–H groups in total. The van der Waals surface area contributed by atoms with Gasteiger partial charge in [0.15, 0.2) is 12.2 Å². The van der Waals surface area contributed by atoms with Crippen molar-refractivity contribution in [3.63, 3.8) is 0 Å². The van der Waals surface area contributed by atoms with Crippen molar-refractivity contribution in [3.05, 3.63) is 0 Å². The first kappa shape index (κ1) is 94.1. The lowest BCUT2D eigenvalue weighted by molar-refractivity contribution is -0.161. The number of esters is 4. The van der Waals surface area contributed by atoms with Crippen LogP contribution in [0.25, 0.3) is 0 Å². The van der Waals surface area contributed by atoms with Gasteiger partial charge >= 0.3 is 39.5 Å². The highest BCUT2D eigenvalue weighted by atomic mass is 31.2. The van der Waals surface area contributed by atoms with Gasteiger partial charge in [0, 0.05) is 25.7 Å². The summed E-state index contributed by atoms with van der Waals surface area (Å²) >= 11 is 0. The van der Waals surface area contributed by atoms with Crippen LogP contribution in [-0.2, 0) is 65.4 Å². The highest BCUT2D eigenvalue weighted by Gasteiger charge is 2.30. The van der Waals surface area contributed by atoms with Crippen LogP contribution in [0.15, 0.2) is 0 Å². The lowest BCUT2D eigenvalue weighted by Gasteiger charge is -2.21. The Morgan fingerprint density at radius 1 is 0.302 bits per heavy atom. The predicted molar refractivity (Wildman–Crippen MR) is 391 cm³/mol. The minimum Gasteiger partial charge on any atom is -0.462 e. The molecule has 0 aliphatic rings. The van der Waals surface area contributed by atoms with Crippen LogP contribution >= 0.6 is 15.6 Å². The Balaban J connectivity index is 5.20. The molecule has 0 amide bonds. The van der Waals surface area contributed by atoms with E-state index in [1.54, 1.807) is 0 Å². The van der Waals surface area contributed by atoms with Gasteiger partial charge in [0.25, 0.3) is 0 Å². The average Bonchev–Trinajstić information content (AvgIpc) is 1.84. The third kappa shape index (κ3) is 69.2. The van der Waals surface area contributed by atoms with Crippen LogP contribution in [0.4, 0.5) is 0 Å². The summed E-state index contributed by atoms with van der Waals surface area (Å²) in [6.45, 7) is 11.8. The van der Waals surface area contributed by atoms with Crippen LogP contribution in [0.1, 0.15) is 395 Å². The van der Waals surface area contributed by atoms with Gasteiger partial charge < -0.3 is 33.8 Å². The zero-order chi connectivity index (χ0) is 70.9. The number of phosphoric ester groups is 2. The number of ether oxygens (including phenoxy) is 4. The summed E-state index contributed by atoms with van der Waals surface area (Å²) in [5, 5.41) is 10.6. The lowest BCUT2D eigenvalue weighted by Crippen LogP contribution is -2.30. The Bertz CT molecular complexity index is 1870. The van der Waals surface area contributed by atoms with E-state index in [1.165, 1.54) is 199 Å². The molecule has 0 saturated carbocycles. The molecule has 0 rings (SSSR count). The molecule has 0 aromatic rings. The van der Waals surface area contributed by atoms with Crippen LogP contribution in [0, 0.1) is 17.8 Å². The van der Waals surface area contributed by atoms with Gasteiger partial charge in [-0.3, -0.25) is 37.3 Å². The summed E-state index contributed by atoms with van der Waals surface area (Å²) in [6.07, 6.45) is 54.4. The summed E-state index contributed by atoms with van der Waals surface area (Å²) < 4.78 is 68.5. The molecule has 0 aromatic heterocycles. The van der Waals surface area contributed by atoms with Crippen molar-refractivity contribution in [3.8, 4) is 0 Å². The molecule has 19 heteroatoms. The van der Waals surface area contributed by atoms with Gasteiger partial charge in [-0.05, 0) is 43.4 Å². The average molecular weight is 1410 g/mol. The first-order chi connectivity index (χ1) is 46.3. The summed E-state index contributed by atoms with van der Waals surface area (Å²) in [5.41, 5.74) is 0. The predicted octanol–water partition coefficient (Wildman–Crippen LogP) is 22.6. The smallest absolute Gasteiger partial charge is 0.462 e. The molecule has 0 fully saturated rings. The van der Waals surface area contributed by atoms with Gasteiger partial charge in [-0.15, -0.1) is 0 Å². The molecule has 570 valence electrons. The number of phosphoric acid groups is 2. The number of carbonyl (C=O) groups excluding carboxylic acids is 4. The Morgan fingerprint density at radius 3 is 0.792 bits per heavy atom. The third-order valence-corrected chi connectivity index (χ3v) is 20.1.